The standard InChI is InChI=1S/C12H18FNO/c1-3-6-14-12(8-15)10-5-4-9(2)11(13)7-10/h4-5,7,12,14-15H,3,6,8H2,1-2H3. The molecule has 0 heterocycles. The summed E-state index contributed by atoms with van der Waals surface area (Å²) >= 11 is 0. The van der Waals surface area contributed by atoms with Gasteiger partial charge in [0.1, 0.15) is 5.82 Å². The second-order valence-corrected chi connectivity index (χ2v) is 3.70. The molecule has 1 atom stereocenters. The van der Waals surface area contributed by atoms with Gasteiger partial charge < -0.3 is 10.4 Å². The van der Waals surface area contributed by atoms with Crippen LogP contribution in [0.3, 0.4) is 0 Å². The van der Waals surface area contributed by atoms with Gasteiger partial charge in [-0.15, -0.1) is 0 Å². The predicted octanol–water partition coefficient (Wildman–Crippen LogP) is 2.17. The van der Waals surface area contributed by atoms with Crippen LogP contribution in [-0.4, -0.2) is 18.3 Å². The number of aliphatic hydroxyl groups is 1. The molecule has 0 aliphatic rings. The molecular formula is C12H18FNO. The van der Waals surface area contributed by atoms with E-state index in [1.54, 1.807) is 13.0 Å². The van der Waals surface area contributed by atoms with Gasteiger partial charge in [-0.3, -0.25) is 0 Å². The van der Waals surface area contributed by atoms with Gasteiger partial charge in [-0.2, -0.15) is 0 Å². The number of aliphatic hydroxyl groups excluding tert-OH is 1. The second kappa shape index (κ2) is 5.83. The summed E-state index contributed by atoms with van der Waals surface area (Å²) < 4.78 is 13.3. The lowest BCUT2D eigenvalue weighted by molar-refractivity contribution is 0.244. The fourth-order valence-electron chi connectivity index (χ4n) is 1.43. The average Bonchev–Trinajstić information content (AvgIpc) is 2.24. The van der Waals surface area contributed by atoms with Crippen LogP contribution in [0.15, 0.2) is 18.2 Å². The zero-order valence-electron chi connectivity index (χ0n) is 9.26. The Morgan fingerprint density at radius 3 is 2.73 bits per heavy atom. The number of aryl methyl sites for hydroxylation is 1. The van der Waals surface area contributed by atoms with E-state index in [1.165, 1.54) is 6.07 Å². The van der Waals surface area contributed by atoms with Gasteiger partial charge in [-0.05, 0) is 37.1 Å². The Morgan fingerprint density at radius 2 is 2.20 bits per heavy atom. The summed E-state index contributed by atoms with van der Waals surface area (Å²) in [6, 6.07) is 4.90. The first-order valence-corrected chi connectivity index (χ1v) is 5.29. The lowest BCUT2D eigenvalue weighted by Crippen LogP contribution is -2.25. The SMILES string of the molecule is CCCNC(CO)c1ccc(C)c(F)c1. The minimum absolute atomic E-state index is 0.0114. The van der Waals surface area contributed by atoms with E-state index in [2.05, 4.69) is 12.2 Å². The van der Waals surface area contributed by atoms with E-state index < -0.39 is 0 Å². The van der Waals surface area contributed by atoms with Crippen LogP contribution >= 0.6 is 0 Å². The van der Waals surface area contributed by atoms with Crippen LogP contribution in [0.1, 0.15) is 30.5 Å². The number of rotatable bonds is 5. The van der Waals surface area contributed by atoms with Crippen LogP contribution in [0.5, 0.6) is 0 Å². The van der Waals surface area contributed by atoms with Gasteiger partial charge in [0.25, 0.3) is 0 Å². The maximum absolute atomic E-state index is 13.3. The fourth-order valence-corrected chi connectivity index (χ4v) is 1.43. The van der Waals surface area contributed by atoms with Crippen molar-refractivity contribution in [2.75, 3.05) is 13.2 Å². The van der Waals surface area contributed by atoms with E-state index in [4.69, 9.17) is 0 Å². The van der Waals surface area contributed by atoms with Crippen molar-refractivity contribution < 1.29 is 9.50 Å². The number of nitrogens with one attached hydrogen (secondary N) is 1. The summed E-state index contributed by atoms with van der Waals surface area (Å²) in [5.41, 5.74) is 1.43. The van der Waals surface area contributed by atoms with Crippen molar-refractivity contribution >= 4 is 0 Å². The van der Waals surface area contributed by atoms with Gasteiger partial charge in [0.2, 0.25) is 0 Å². The Labute approximate surface area is 90.1 Å². The van der Waals surface area contributed by atoms with Crippen LogP contribution < -0.4 is 5.32 Å². The van der Waals surface area contributed by atoms with Gasteiger partial charge in [0.05, 0.1) is 12.6 Å². The first kappa shape index (κ1) is 12.1. The van der Waals surface area contributed by atoms with E-state index in [0.29, 0.717) is 5.56 Å². The highest BCUT2D eigenvalue weighted by Gasteiger charge is 2.10. The molecule has 0 saturated heterocycles. The third kappa shape index (κ3) is 3.29. The molecule has 2 nitrogen and oxygen atoms in total. The number of hydrogen-bond acceptors (Lipinski definition) is 2. The maximum atomic E-state index is 13.3. The molecule has 1 unspecified atom stereocenters. The quantitative estimate of drug-likeness (QED) is 0.782. The molecule has 0 radical (unpaired) electrons. The van der Waals surface area contributed by atoms with E-state index >= 15 is 0 Å². The van der Waals surface area contributed by atoms with Crippen LogP contribution in [0.2, 0.25) is 0 Å². The molecule has 0 aromatic heterocycles. The van der Waals surface area contributed by atoms with Crippen molar-refractivity contribution in [2.45, 2.75) is 26.3 Å². The summed E-state index contributed by atoms with van der Waals surface area (Å²) in [4.78, 5) is 0. The molecule has 0 bridgehead atoms. The Morgan fingerprint density at radius 1 is 1.47 bits per heavy atom. The highest BCUT2D eigenvalue weighted by molar-refractivity contribution is 5.25. The van der Waals surface area contributed by atoms with E-state index in [-0.39, 0.29) is 18.5 Å². The number of benzene rings is 1. The molecule has 0 aliphatic carbocycles. The molecule has 15 heavy (non-hydrogen) atoms. The minimum atomic E-state index is -0.218. The van der Waals surface area contributed by atoms with Crippen molar-refractivity contribution in [3.8, 4) is 0 Å². The zero-order chi connectivity index (χ0) is 11.3. The monoisotopic (exact) mass is 211 g/mol. The Bertz CT molecular complexity index is 314. The largest absolute Gasteiger partial charge is 0.394 e. The highest BCUT2D eigenvalue weighted by Crippen LogP contribution is 2.16. The van der Waals surface area contributed by atoms with E-state index in [1.807, 2.05) is 6.07 Å². The Balaban J connectivity index is 2.78. The summed E-state index contributed by atoms with van der Waals surface area (Å²) in [5, 5.41) is 12.3. The smallest absolute Gasteiger partial charge is 0.126 e. The molecule has 0 spiro atoms. The fraction of sp³-hybridized carbons (Fsp3) is 0.500. The van der Waals surface area contributed by atoms with Gasteiger partial charge in [0.15, 0.2) is 0 Å². The van der Waals surface area contributed by atoms with Crippen molar-refractivity contribution in [1.82, 2.24) is 5.32 Å². The molecule has 1 aromatic carbocycles. The first-order chi connectivity index (χ1) is 7.19. The molecule has 1 aromatic rings. The molecule has 0 saturated carbocycles. The van der Waals surface area contributed by atoms with E-state index in [9.17, 15) is 9.50 Å². The van der Waals surface area contributed by atoms with E-state index in [0.717, 1.165) is 18.5 Å². The predicted molar refractivity (Wildman–Crippen MR) is 59.3 cm³/mol. The van der Waals surface area contributed by atoms with Crippen LogP contribution in [0.25, 0.3) is 0 Å². The summed E-state index contributed by atoms with van der Waals surface area (Å²) in [5.74, 6) is -0.218. The molecule has 1 rings (SSSR count). The summed E-state index contributed by atoms with van der Waals surface area (Å²) in [7, 11) is 0. The first-order valence-electron chi connectivity index (χ1n) is 5.29. The highest BCUT2D eigenvalue weighted by atomic mass is 19.1. The molecule has 0 aliphatic heterocycles. The van der Waals surface area contributed by atoms with Gasteiger partial charge in [0, 0.05) is 0 Å². The van der Waals surface area contributed by atoms with Crippen molar-refractivity contribution in [3.05, 3.63) is 35.1 Å². The molecule has 0 amide bonds. The van der Waals surface area contributed by atoms with Crippen molar-refractivity contribution in [1.29, 1.82) is 0 Å². The zero-order valence-corrected chi connectivity index (χ0v) is 9.26. The summed E-state index contributed by atoms with van der Waals surface area (Å²) in [6.45, 7) is 4.59. The van der Waals surface area contributed by atoms with Crippen molar-refractivity contribution in [2.24, 2.45) is 0 Å². The lowest BCUT2D eigenvalue weighted by atomic mass is 10.1. The van der Waals surface area contributed by atoms with Crippen molar-refractivity contribution in [3.63, 3.8) is 0 Å². The topological polar surface area (TPSA) is 32.3 Å². The second-order valence-electron chi connectivity index (χ2n) is 3.70. The molecular weight excluding hydrogens is 193 g/mol. The number of halogens is 1. The molecule has 3 heteroatoms. The average molecular weight is 211 g/mol. The van der Waals surface area contributed by atoms with Crippen LogP contribution in [0.4, 0.5) is 4.39 Å². The van der Waals surface area contributed by atoms with Gasteiger partial charge in [-0.25, -0.2) is 4.39 Å². The van der Waals surface area contributed by atoms with Crippen LogP contribution in [0, 0.1) is 12.7 Å². The number of hydrogen-bond donors (Lipinski definition) is 2. The molecule has 2 N–H and O–H groups in total. The Kier molecular flexibility index (Phi) is 4.72. The summed E-state index contributed by atoms with van der Waals surface area (Å²) in [6.07, 6.45) is 0.991. The Hall–Kier alpha value is -0.930. The third-order valence-corrected chi connectivity index (χ3v) is 2.42. The lowest BCUT2D eigenvalue weighted by Gasteiger charge is -2.16. The normalized spacial score (nSPS) is 12.8. The van der Waals surface area contributed by atoms with Crippen LogP contribution in [-0.2, 0) is 0 Å². The van der Waals surface area contributed by atoms with Gasteiger partial charge in [-0.1, -0.05) is 19.1 Å². The molecule has 0 fully saturated rings. The minimum Gasteiger partial charge on any atom is -0.394 e. The maximum Gasteiger partial charge on any atom is 0.126 e. The molecule has 84 valence electrons. The third-order valence-electron chi connectivity index (χ3n) is 2.42. The van der Waals surface area contributed by atoms with Gasteiger partial charge >= 0.3 is 0 Å².